The van der Waals surface area contributed by atoms with E-state index in [0.29, 0.717) is 0 Å². The van der Waals surface area contributed by atoms with Crippen molar-refractivity contribution in [2.24, 2.45) is 5.73 Å². The van der Waals surface area contributed by atoms with E-state index in [9.17, 15) is 4.79 Å². The molecule has 28 valence electrons. The van der Waals surface area contributed by atoms with E-state index in [1.165, 1.54) is 0 Å². The zero-order valence-corrected chi connectivity index (χ0v) is 10.8. The fourth-order valence-corrected chi connectivity index (χ4v) is 0. The van der Waals surface area contributed by atoms with Gasteiger partial charge in [-0.1, -0.05) is 0 Å². The van der Waals surface area contributed by atoms with Crippen molar-refractivity contribution in [3.63, 3.8) is 0 Å². The first kappa shape index (κ1) is 5.19. The van der Waals surface area contributed by atoms with Gasteiger partial charge in [-0.15, -0.1) is 0 Å². The first-order valence-electron chi connectivity index (χ1n) is 1.24. The summed E-state index contributed by atoms with van der Waals surface area (Å²) in [5, 5.41) is 0. The number of carbonyl (C=O) groups is 1. The van der Waals surface area contributed by atoms with Gasteiger partial charge < -0.3 is 0 Å². The molecule has 4 heteroatoms. The summed E-state index contributed by atoms with van der Waals surface area (Å²) in [7, 11) is 0. The number of hydrogen-bond donors (Lipinski definition) is 2. The maximum atomic E-state index is 9.53. The van der Waals surface area contributed by atoms with Crippen LogP contribution < -0.4 is 8.86 Å². The third-order valence-corrected chi connectivity index (χ3v) is 2.16. The summed E-state index contributed by atoms with van der Waals surface area (Å²) in [5.74, 6) is 0. The van der Waals surface area contributed by atoms with Crippen LogP contribution in [0.3, 0.4) is 0 Å². The quantitative estimate of drug-likeness (QED) is 0.499. The Morgan fingerprint density at radius 1 is 2.00 bits per heavy atom. The molecule has 0 heterocycles. The average Bonchev–Trinajstić information content (AvgIpc) is 1.38. The van der Waals surface area contributed by atoms with Gasteiger partial charge in [0.2, 0.25) is 0 Å². The van der Waals surface area contributed by atoms with E-state index in [2.05, 4.69) is 8.86 Å². The van der Waals surface area contributed by atoms with Gasteiger partial charge in [-0.2, -0.15) is 0 Å². The summed E-state index contributed by atoms with van der Waals surface area (Å²) in [6.45, 7) is 0. The first-order chi connectivity index (χ1) is 2.27. The van der Waals surface area contributed by atoms with E-state index in [-0.39, 0.29) is 26.1 Å². The van der Waals surface area contributed by atoms with Crippen molar-refractivity contribution in [3.8, 4) is 0 Å². The van der Waals surface area contributed by atoms with E-state index >= 15 is 0 Å². The molecule has 0 saturated heterocycles. The van der Waals surface area contributed by atoms with Crippen LogP contribution in [0, 0.1) is 0 Å². The number of nitrogens with two attached hydrogens (primary N) is 1. The van der Waals surface area contributed by atoms with E-state index in [1.54, 1.807) is 0 Å². The first-order valence-corrected chi connectivity index (χ1v) is 5.13. The normalized spacial score (nSPS) is 6.40. The van der Waals surface area contributed by atoms with Crippen LogP contribution in [0.25, 0.3) is 0 Å². The molecule has 0 atom stereocenters. The molecule has 3 N–H and O–H groups in total. The summed E-state index contributed by atoms with van der Waals surface area (Å²) in [5.41, 5.74) is 4.60. The van der Waals surface area contributed by atoms with E-state index < -0.39 is 6.03 Å². The SMILES string of the molecule is NC(=O)[NH][TlH2]. The van der Waals surface area contributed by atoms with Crippen molar-refractivity contribution < 1.29 is 4.79 Å². The Morgan fingerprint density at radius 2 is 2.20 bits per heavy atom. The van der Waals surface area contributed by atoms with Gasteiger partial charge in [0.15, 0.2) is 0 Å². The number of primary amides is 1. The second kappa shape index (κ2) is 2.43. The van der Waals surface area contributed by atoms with Gasteiger partial charge in [-0.25, -0.2) is 0 Å². The fraction of sp³-hybridized carbons (Fsp3) is 0. The molecule has 0 rings (SSSR count). The molecule has 2 amide bonds. The number of nitrogens with one attached hydrogen (secondary N) is 1. The summed E-state index contributed by atoms with van der Waals surface area (Å²) in [4.78, 5) is 9.53. The van der Waals surface area contributed by atoms with Crippen molar-refractivity contribution in [2.75, 3.05) is 0 Å². The van der Waals surface area contributed by atoms with Crippen LogP contribution in [0.4, 0.5) is 4.79 Å². The van der Waals surface area contributed by atoms with E-state index in [0.717, 1.165) is 0 Å². The molecule has 0 aromatic carbocycles. The monoisotopic (exact) mass is 266 g/mol. The Bertz CT molecular complexity index is 44.9. The summed E-state index contributed by atoms with van der Waals surface area (Å²) in [6, 6.07) is -0.397. The van der Waals surface area contributed by atoms with Crippen molar-refractivity contribution in [1.29, 1.82) is 0 Å². The molecule has 0 unspecified atom stereocenters. The standard InChI is InChI=1S/CH4N2O.Tl.2H/c2-1(3)4;;;/h(H4,2,3,4);;;/q;+1;;/p-1. The van der Waals surface area contributed by atoms with Gasteiger partial charge >= 0.3 is 45.8 Å². The Labute approximate surface area is 46.0 Å². The van der Waals surface area contributed by atoms with Crippen LogP contribution >= 0.6 is 0 Å². The van der Waals surface area contributed by atoms with Crippen LogP contribution in [0.2, 0.25) is 0 Å². The van der Waals surface area contributed by atoms with Gasteiger partial charge in [0.05, 0.1) is 0 Å². The summed E-state index contributed by atoms with van der Waals surface area (Å²) >= 11 is 0.154. The Kier molecular flexibility index (Phi) is 2.52. The summed E-state index contributed by atoms with van der Waals surface area (Å²) in [6.07, 6.45) is 0. The third kappa shape index (κ3) is 4.19. The van der Waals surface area contributed by atoms with Crippen LogP contribution in [0.5, 0.6) is 0 Å². The van der Waals surface area contributed by atoms with E-state index in [1.807, 2.05) is 0 Å². The number of urea groups is 1. The number of rotatable bonds is 0. The molecule has 0 aliphatic carbocycles. The second-order valence-corrected chi connectivity index (χ2v) is 2.56. The Hall–Kier alpha value is 0.192. The minimum atomic E-state index is -0.397. The minimum absolute atomic E-state index is 0.154. The van der Waals surface area contributed by atoms with Crippen molar-refractivity contribution in [1.82, 2.24) is 3.13 Å². The van der Waals surface area contributed by atoms with Gasteiger partial charge in [0, 0.05) is 0 Å². The Balaban J connectivity index is 2.85. The molecule has 0 aromatic rings. The molecule has 0 fully saturated rings. The van der Waals surface area contributed by atoms with Gasteiger partial charge in [0.1, 0.15) is 0 Å². The molecule has 0 aliphatic heterocycles. The average molecular weight is 265 g/mol. The zero-order valence-electron chi connectivity index (χ0n) is 2.99. The van der Waals surface area contributed by atoms with Gasteiger partial charge in [-0.3, -0.25) is 0 Å². The molecular weight excluding hydrogens is 260 g/mol. The number of amides is 2. The van der Waals surface area contributed by atoms with Crippen LogP contribution in [0.15, 0.2) is 0 Å². The molecule has 0 radical (unpaired) electrons. The maximum absolute atomic E-state index is 9.53. The van der Waals surface area contributed by atoms with Crippen molar-refractivity contribution in [2.45, 2.75) is 0 Å². The predicted molar refractivity (Wildman–Crippen MR) is 21.3 cm³/mol. The Morgan fingerprint density at radius 3 is 2.20 bits per heavy atom. The van der Waals surface area contributed by atoms with Crippen molar-refractivity contribution in [3.05, 3.63) is 0 Å². The van der Waals surface area contributed by atoms with Crippen molar-refractivity contribution >= 4 is 32.1 Å². The summed E-state index contributed by atoms with van der Waals surface area (Å²) < 4.78 is 2.39. The third-order valence-electron chi connectivity index (χ3n) is 0.246. The van der Waals surface area contributed by atoms with Crippen LogP contribution in [0.1, 0.15) is 0 Å². The van der Waals surface area contributed by atoms with Gasteiger partial charge in [-0.05, 0) is 0 Å². The molecule has 5 heavy (non-hydrogen) atoms. The number of hydrogen-bond acceptors (Lipinski definition) is 1. The number of carbonyl (C=O) groups excluding carboxylic acids is 1. The van der Waals surface area contributed by atoms with Crippen LogP contribution in [-0.4, -0.2) is 32.1 Å². The fourth-order valence-electron chi connectivity index (χ4n) is 0. The second-order valence-electron chi connectivity index (χ2n) is 0.614. The molecule has 0 aliphatic rings. The van der Waals surface area contributed by atoms with Crippen LogP contribution in [-0.2, 0) is 0 Å². The zero-order chi connectivity index (χ0) is 4.28. The molecule has 3 nitrogen and oxygen atoms in total. The molecular formula is CH5N2OTl. The topological polar surface area (TPSA) is 55.1 Å². The van der Waals surface area contributed by atoms with Gasteiger partial charge in [0.25, 0.3) is 0 Å². The predicted octanol–water partition coefficient (Wildman–Crippen LogP) is -1.80. The molecule has 0 bridgehead atoms. The molecule has 0 aromatic heterocycles. The molecule has 0 spiro atoms. The van der Waals surface area contributed by atoms with E-state index in [4.69, 9.17) is 0 Å². The molecule has 0 saturated carbocycles.